The molecule has 2 saturated heterocycles. The SMILES string of the molecule is CN1C2CCC1CC(CNCc1ccn(C)c1)C2. The Labute approximate surface area is 110 Å². The van der Waals surface area contributed by atoms with Crippen LogP contribution in [0.4, 0.5) is 0 Å². The van der Waals surface area contributed by atoms with Crippen LogP contribution in [0.15, 0.2) is 18.5 Å². The number of aromatic nitrogens is 1. The molecule has 1 aromatic rings. The number of nitrogens with one attached hydrogen (secondary N) is 1. The number of hydrogen-bond acceptors (Lipinski definition) is 2. The van der Waals surface area contributed by atoms with Crippen LogP contribution in [0.5, 0.6) is 0 Å². The molecule has 1 N–H and O–H groups in total. The lowest BCUT2D eigenvalue weighted by molar-refractivity contribution is 0.133. The van der Waals surface area contributed by atoms with Gasteiger partial charge in [-0.1, -0.05) is 0 Å². The number of piperidine rings is 1. The van der Waals surface area contributed by atoms with E-state index in [0.717, 1.165) is 24.5 Å². The largest absolute Gasteiger partial charge is 0.357 e. The number of aryl methyl sites for hydroxylation is 1. The minimum atomic E-state index is 0.868. The van der Waals surface area contributed by atoms with Crippen LogP contribution in [-0.2, 0) is 13.6 Å². The van der Waals surface area contributed by atoms with Gasteiger partial charge in [-0.2, -0.15) is 0 Å². The third-order valence-corrected chi connectivity index (χ3v) is 4.85. The molecule has 3 nitrogen and oxygen atoms in total. The average Bonchev–Trinajstić information content (AvgIpc) is 2.82. The summed E-state index contributed by atoms with van der Waals surface area (Å²) < 4.78 is 2.12. The summed E-state index contributed by atoms with van der Waals surface area (Å²) in [4.78, 5) is 2.62. The van der Waals surface area contributed by atoms with Crippen LogP contribution in [0.2, 0.25) is 0 Å². The van der Waals surface area contributed by atoms with Crippen molar-refractivity contribution in [1.29, 1.82) is 0 Å². The van der Waals surface area contributed by atoms with Crippen molar-refractivity contribution in [3.63, 3.8) is 0 Å². The molecule has 2 bridgehead atoms. The summed E-state index contributed by atoms with van der Waals surface area (Å²) in [5.74, 6) is 0.891. The Bertz CT molecular complexity index is 384. The van der Waals surface area contributed by atoms with Crippen LogP contribution in [0.1, 0.15) is 31.2 Å². The molecule has 0 amide bonds. The third kappa shape index (κ3) is 2.47. The van der Waals surface area contributed by atoms with Crippen molar-refractivity contribution in [2.45, 2.75) is 44.3 Å². The highest BCUT2D eigenvalue weighted by Gasteiger charge is 2.37. The van der Waals surface area contributed by atoms with Gasteiger partial charge in [-0.3, -0.25) is 0 Å². The molecule has 2 fully saturated rings. The van der Waals surface area contributed by atoms with Crippen LogP contribution in [0.25, 0.3) is 0 Å². The Balaban J connectivity index is 1.44. The Kier molecular flexibility index (Phi) is 3.44. The fourth-order valence-corrected chi connectivity index (χ4v) is 3.78. The van der Waals surface area contributed by atoms with Crippen molar-refractivity contribution < 1.29 is 0 Å². The normalized spacial score (nSPS) is 32.0. The van der Waals surface area contributed by atoms with Crippen molar-refractivity contribution in [3.05, 3.63) is 24.0 Å². The quantitative estimate of drug-likeness (QED) is 0.878. The highest BCUT2D eigenvalue weighted by molar-refractivity contribution is 5.09. The molecular formula is C15H25N3. The molecule has 0 aromatic carbocycles. The highest BCUT2D eigenvalue weighted by Crippen LogP contribution is 2.36. The first-order valence-corrected chi connectivity index (χ1v) is 7.26. The molecular weight excluding hydrogens is 222 g/mol. The minimum Gasteiger partial charge on any atom is -0.357 e. The van der Waals surface area contributed by atoms with E-state index in [4.69, 9.17) is 0 Å². The molecule has 100 valence electrons. The van der Waals surface area contributed by atoms with Crippen molar-refractivity contribution in [2.24, 2.45) is 13.0 Å². The molecule has 0 radical (unpaired) electrons. The predicted octanol–water partition coefficient (Wildman–Crippen LogP) is 1.99. The van der Waals surface area contributed by atoms with E-state index in [1.807, 2.05) is 0 Å². The fraction of sp³-hybridized carbons (Fsp3) is 0.733. The van der Waals surface area contributed by atoms with Gasteiger partial charge in [-0.15, -0.1) is 0 Å². The summed E-state index contributed by atoms with van der Waals surface area (Å²) in [5, 5.41) is 3.64. The standard InChI is InChI=1S/C15H25N3/c1-17-6-5-12(11-17)9-16-10-13-7-14-3-4-15(8-13)18(14)2/h5-6,11,13-16H,3-4,7-10H2,1-2H3. The molecule has 1 aromatic heterocycles. The first-order valence-electron chi connectivity index (χ1n) is 7.26. The van der Waals surface area contributed by atoms with Gasteiger partial charge in [0.05, 0.1) is 0 Å². The van der Waals surface area contributed by atoms with Gasteiger partial charge in [-0.25, -0.2) is 0 Å². The summed E-state index contributed by atoms with van der Waals surface area (Å²) >= 11 is 0. The van der Waals surface area contributed by atoms with Crippen LogP contribution in [0, 0.1) is 5.92 Å². The van der Waals surface area contributed by atoms with E-state index in [-0.39, 0.29) is 0 Å². The smallest absolute Gasteiger partial charge is 0.0220 e. The van der Waals surface area contributed by atoms with Crippen molar-refractivity contribution in [2.75, 3.05) is 13.6 Å². The predicted molar refractivity (Wildman–Crippen MR) is 74.4 cm³/mol. The van der Waals surface area contributed by atoms with E-state index >= 15 is 0 Å². The lowest BCUT2D eigenvalue weighted by Gasteiger charge is -2.36. The lowest BCUT2D eigenvalue weighted by Crippen LogP contribution is -2.42. The molecule has 18 heavy (non-hydrogen) atoms. The van der Waals surface area contributed by atoms with Gasteiger partial charge < -0.3 is 14.8 Å². The second-order valence-electron chi connectivity index (χ2n) is 6.20. The van der Waals surface area contributed by atoms with Gasteiger partial charge in [-0.05, 0) is 56.8 Å². The van der Waals surface area contributed by atoms with E-state index in [0.29, 0.717) is 0 Å². The molecule has 0 saturated carbocycles. The Morgan fingerprint density at radius 1 is 1.22 bits per heavy atom. The van der Waals surface area contributed by atoms with Crippen LogP contribution in [0.3, 0.4) is 0 Å². The summed E-state index contributed by atoms with van der Waals surface area (Å²) in [6, 6.07) is 3.94. The van der Waals surface area contributed by atoms with Gasteiger partial charge in [0.15, 0.2) is 0 Å². The highest BCUT2D eigenvalue weighted by atomic mass is 15.2. The van der Waals surface area contributed by atoms with E-state index in [2.05, 4.69) is 47.3 Å². The second kappa shape index (κ2) is 5.06. The Morgan fingerprint density at radius 3 is 2.56 bits per heavy atom. The molecule has 2 aliphatic heterocycles. The zero-order valence-corrected chi connectivity index (χ0v) is 11.6. The monoisotopic (exact) mass is 247 g/mol. The maximum Gasteiger partial charge on any atom is 0.0220 e. The summed E-state index contributed by atoms with van der Waals surface area (Å²) in [6.07, 6.45) is 9.97. The first-order chi connectivity index (χ1) is 8.72. The topological polar surface area (TPSA) is 20.2 Å². The van der Waals surface area contributed by atoms with Gasteiger partial charge >= 0.3 is 0 Å². The van der Waals surface area contributed by atoms with Crippen molar-refractivity contribution >= 4 is 0 Å². The minimum absolute atomic E-state index is 0.868. The number of fused-ring (bicyclic) bond motifs is 2. The Hall–Kier alpha value is -0.800. The summed E-state index contributed by atoms with van der Waals surface area (Å²) in [7, 11) is 4.40. The van der Waals surface area contributed by atoms with Crippen LogP contribution >= 0.6 is 0 Å². The first kappa shape index (κ1) is 12.2. The van der Waals surface area contributed by atoms with Gasteiger partial charge in [0.25, 0.3) is 0 Å². The number of rotatable bonds is 4. The molecule has 2 atom stereocenters. The maximum absolute atomic E-state index is 3.64. The molecule has 0 spiro atoms. The summed E-state index contributed by atoms with van der Waals surface area (Å²) in [6.45, 7) is 2.21. The number of hydrogen-bond donors (Lipinski definition) is 1. The molecule has 3 heterocycles. The zero-order valence-electron chi connectivity index (χ0n) is 11.6. The third-order valence-electron chi connectivity index (χ3n) is 4.85. The number of nitrogens with zero attached hydrogens (tertiary/aromatic N) is 2. The molecule has 3 heteroatoms. The molecule has 3 rings (SSSR count). The van der Waals surface area contributed by atoms with Crippen LogP contribution < -0.4 is 5.32 Å². The van der Waals surface area contributed by atoms with Gasteiger partial charge in [0.2, 0.25) is 0 Å². The van der Waals surface area contributed by atoms with E-state index in [9.17, 15) is 0 Å². The zero-order chi connectivity index (χ0) is 12.5. The fourth-order valence-electron chi connectivity index (χ4n) is 3.78. The van der Waals surface area contributed by atoms with E-state index in [1.54, 1.807) is 0 Å². The van der Waals surface area contributed by atoms with Crippen LogP contribution in [-0.4, -0.2) is 35.1 Å². The van der Waals surface area contributed by atoms with Gasteiger partial charge in [0.1, 0.15) is 0 Å². The Morgan fingerprint density at radius 2 is 1.94 bits per heavy atom. The van der Waals surface area contributed by atoms with E-state index < -0.39 is 0 Å². The summed E-state index contributed by atoms with van der Waals surface area (Å²) in [5.41, 5.74) is 1.40. The van der Waals surface area contributed by atoms with E-state index in [1.165, 1.54) is 37.8 Å². The molecule has 2 unspecified atom stereocenters. The molecule has 2 aliphatic rings. The van der Waals surface area contributed by atoms with Gasteiger partial charge in [0, 0.05) is 38.1 Å². The lowest BCUT2D eigenvalue weighted by atomic mass is 9.91. The average molecular weight is 247 g/mol. The maximum atomic E-state index is 3.64. The second-order valence-corrected chi connectivity index (χ2v) is 6.20. The van der Waals surface area contributed by atoms with Crippen molar-refractivity contribution in [1.82, 2.24) is 14.8 Å². The molecule has 0 aliphatic carbocycles. The van der Waals surface area contributed by atoms with Crippen molar-refractivity contribution in [3.8, 4) is 0 Å².